The highest BCUT2D eigenvalue weighted by atomic mass is 16.5. The van der Waals surface area contributed by atoms with Crippen LogP contribution < -0.4 is 5.32 Å². The molecule has 0 saturated heterocycles. The maximum absolute atomic E-state index is 11.0. The van der Waals surface area contributed by atoms with Crippen LogP contribution in [0, 0.1) is 5.41 Å². The van der Waals surface area contributed by atoms with E-state index >= 15 is 0 Å². The first-order valence-corrected chi connectivity index (χ1v) is 5.25. The van der Waals surface area contributed by atoms with Crippen LogP contribution in [0.25, 0.3) is 0 Å². The fourth-order valence-electron chi connectivity index (χ4n) is 1.35. The highest BCUT2D eigenvalue weighted by Crippen LogP contribution is 2.20. The van der Waals surface area contributed by atoms with Crippen molar-refractivity contribution in [3.63, 3.8) is 0 Å². The molecule has 0 aromatic rings. The van der Waals surface area contributed by atoms with Crippen LogP contribution in [0.3, 0.4) is 0 Å². The van der Waals surface area contributed by atoms with E-state index in [4.69, 9.17) is 0 Å². The number of methoxy groups -OCH3 is 1. The zero-order valence-corrected chi connectivity index (χ0v) is 10.3. The van der Waals surface area contributed by atoms with E-state index in [0.29, 0.717) is 13.0 Å². The SMILES string of the molecule is COC(=O)C(C)NCC(O)CC(C)(C)C. The van der Waals surface area contributed by atoms with E-state index in [0.717, 1.165) is 0 Å². The summed E-state index contributed by atoms with van der Waals surface area (Å²) in [5.74, 6) is -0.307. The van der Waals surface area contributed by atoms with E-state index in [-0.39, 0.29) is 17.4 Å². The molecule has 0 aromatic heterocycles. The average molecular weight is 217 g/mol. The lowest BCUT2D eigenvalue weighted by molar-refractivity contribution is -0.142. The lowest BCUT2D eigenvalue weighted by Crippen LogP contribution is -2.40. The third kappa shape index (κ3) is 7.33. The van der Waals surface area contributed by atoms with Gasteiger partial charge >= 0.3 is 5.97 Å². The van der Waals surface area contributed by atoms with Gasteiger partial charge in [0.2, 0.25) is 0 Å². The molecule has 0 heterocycles. The molecular formula is C11H23NO3. The average Bonchev–Trinajstić information content (AvgIpc) is 2.10. The van der Waals surface area contributed by atoms with Gasteiger partial charge in [0.05, 0.1) is 13.2 Å². The first-order valence-electron chi connectivity index (χ1n) is 5.25. The Bertz CT molecular complexity index is 198. The van der Waals surface area contributed by atoms with Crippen LogP contribution in [0.15, 0.2) is 0 Å². The second-order valence-electron chi connectivity index (χ2n) is 5.07. The Hall–Kier alpha value is -0.610. The molecule has 0 amide bonds. The Morgan fingerprint density at radius 1 is 1.47 bits per heavy atom. The second kappa shape index (κ2) is 6.08. The Kier molecular flexibility index (Phi) is 5.83. The van der Waals surface area contributed by atoms with Crippen molar-refractivity contribution >= 4 is 5.97 Å². The molecule has 4 nitrogen and oxygen atoms in total. The molecule has 90 valence electrons. The fraction of sp³-hybridized carbons (Fsp3) is 0.909. The van der Waals surface area contributed by atoms with Gasteiger partial charge in [-0.3, -0.25) is 4.79 Å². The highest BCUT2D eigenvalue weighted by molar-refractivity contribution is 5.75. The molecule has 4 heteroatoms. The minimum atomic E-state index is -0.433. The summed E-state index contributed by atoms with van der Waals surface area (Å²) in [6.45, 7) is 8.34. The van der Waals surface area contributed by atoms with Gasteiger partial charge in [-0.05, 0) is 18.8 Å². The molecule has 0 fully saturated rings. The number of ether oxygens (including phenoxy) is 1. The van der Waals surface area contributed by atoms with Gasteiger partial charge in [0, 0.05) is 6.54 Å². The standard InChI is InChI=1S/C11H23NO3/c1-8(10(14)15-5)12-7-9(13)6-11(2,3)4/h8-9,12-13H,6-7H2,1-5H3. The van der Waals surface area contributed by atoms with Crippen LogP contribution in [0.5, 0.6) is 0 Å². The predicted octanol–water partition coefficient (Wildman–Crippen LogP) is 0.935. The van der Waals surface area contributed by atoms with Crippen LogP contribution in [-0.2, 0) is 9.53 Å². The summed E-state index contributed by atoms with van der Waals surface area (Å²) in [4.78, 5) is 11.0. The van der Waals surface area contributed by atoms with Crippen LogP contribution in [-0.4, -0.2) is 36.9 Å². The normalized spacial score (nSPS) is 15.9. The summed E-state index contributed by atoms with van der Waals surface area (Å²) in [6.07, 6.45) is 0.269. The highest BCUT2D eigenvalue weighted by Gasteiger charge is 2.18. The van der Waals surface area contributed by atoms with Gasteiger partial charge in [0.15, 0.2) is 0 Å². The third-order valence-electron chi connectivity index (χ3n) is 2.06. The summed E-state index contributed by atoms with van der Waals surface area (Å²) >= 11 is 0. The van der Waals surface area contributed by atoms with E-state index in [1.165, 1.54) is 7.11 Å². The Morgan fingerprint density at radius 2 is 2.00 bits per heavy atom. The lowest BCUT2D eigenvalue weighted by atomic mass is 9.89. The molecule has 0 rings (SSSR count). The van der Waals surface area contributed by atoms with Gasteiger partial charge in [-0.15, -0.1) is 0 Å². The van der Waals surface area contributed by atoms with Gasteiger partial charge in [-0.1, -0.05) is 20.8 Å². The zero-order valence-electron chi connectivity index (χ0n) is 10.3. The number of rotatable bonds is 5. The number of carbonyl (C=O) groups excluding carboxylic acids is 1. The van der Waals surface area contributed by atoms with Crippen molar-refractivity contribution in [2.24, 2.45) is 5.41 Å². The van der Waals surface area contributed by atoms with Crippen molar-refractivity contribution in [1.82, 2.24) is 5.32 Å². The largest absolute Gasteiger partial charge is 0.468 e. The van der Waals surface area contributed by atoms with E-state index in [9.17, 15) is 9.90 Å². The van der Waals surface area contributed by atoms with E-state index in [1.54, 1.807) is 6.92 Å². The van der Waals surface area contributed by atoms with Gasteiger partial charge in [0.1, 0.15) is 6.04 Å². The van der Waals surface area contributed by atoms with Crippen LogP contribution in [0.4, 0.5) is 0 Å². The minimum absolute atomic E-state index is 0.0929. The molecular weight excluding hydrogens is 194 g/mol. The van der Waals surface area contributed by atoms with Gasteiger partial charge in [0.25, 0.3) is 0 Å². The van der Waals surface area contributed by atoms with E-state index in [2.05, 4.69) is 30.8 Å². The molecule has 2 atom stereocenters. The first kappa shape index (κ1) is 14.4. The lowest BCUT2D eigenvalue weighted by Gasteiger charge is -2.23. The molecule has 0 saturated carbocycles. The molecule has 0 aliphatic heterocycles. The van der Waals surface area contributed by atoms with Crippen molar-refractivity contribution in [3.05, 3.63) is 0 Å². The van der Waals surface area contributed by atoms with Gasteiger partial charge < -0.3 is 15.2 Å². The number of nitrogens with one attached hydrogen (secondary N) is 1. The number of aliphatic hydroxyl groups excluding tert-OH is 1. The number of aliphatic hydroxyl groups is 1. The zero-order chi connectivity index (χ0) is 12.1. The second-order valence-corrected chi connectivity index (χ2v) is 5.07. The van der Waals surface area contributed by atoms with Crippen molar-refractivity contribution in [3.8, 4) is 0 Å². The third-order valence-corrected chi connectivity index (χ3v) is 2.06. The maximum Gasteiger partial charge on any atom is 0.322 e. The molecule has 2 N–H and O–H groups in total. The molecule has 0 bridgehead atoms. The molecule has 0 aliphatic rings. The number of esters is 1. The predicted molar refractivity (Wildman–Crippen MR) is 59.6 cm³/mol. The topological polar surface area (TPSA) is 58.6 Å². The number of carbonyl (C=O) groups is 1. The maximum atomic E-state index is 11.0. The minimum Gasteiger partial charge on any atom is -0.468 e. The van der Waals surface area contributed by atoms with E-state index < -0.39 is 6.10 Å². The molecule has 0 spiro atoms. The van der Waals surface area contributed by atoms with Crippen molar-refractivity contribution in [2.75, 3.05) is 13.7 Å². The summed E-state index contributed by atoms with van der Waals surface area (Å²) in [5.41, 5.74) is 0.0929. The molecule has 2 unspecified atom stereocenters. The van der Waals surface area contributed by atoms with Crippen LogP contribution in [0.2, 0.25) is 0 Å². The van der Waals surface area contributed by atoms with E-state index in [1.807, 2.05) is 0 Å². The molecule has 15 heavy (non-hydrogen) atoms. The monoisotopic (exact) mass is 217 g/mol. The summed E-state index contributed by atoms with van der Waals surface area (Å²) in [5, 5.41) is 12.6. The summed E-state index contributed by atoms with van der Waals surface area (Å²) in [6, 6.07) is -0.371. The first-order chi connectivity index (χ1) is 6.76. The van der Waals surface area contributed by atoms with Gasteiger partial charge in [-0.25, -0.2) is 0 Å². The molecule has 0 aromatic carbocycles. The Labute approximate surface area is 92.0 Å². The molecule has 0 radical (unpaired) electrons. The Morgan fingerprint density at radius 3 is 2.40 bits per heavy atom. The number of hydrogen-bond donors (Lipinski definition) is 2. The van der Waals surface area contributed by atoms with Crippen molar-refractivity contribution < 1.29 is 14.6 Å². The van der Waals surface area contributed by atoms with Crippen molar-refractivity contribution in [1.29, 1.82) is 0 Å². The molecule has 0 aliphatic carbocycles. The smallest absolute Gasteiger partial charge is 0.322 e. The van der Waals surface area contributed by atoms with Crippen LogP contribution in [0.1, 0.15) is 34.1 Å². The quantitative estimate of drug-likeness (QED) is 0.673. The Balaban J connectivity index is 3.81. The summed E-state index contributed by atoms with van der Waals surface area (Å²) < 4.78 is 4.56. The fourth-order valence-corrected chi connectivity index (χ4v) is 1.35. The van der Waals surface area contributed by atoms with Crippen LogP contribution >= 0.6 is 0 Å². The van der Waals surface area contributed by atoms with Gasteiger partial charge in [-0.2, -0.15) is 0 Å². The summed E-state index contributed by atoms with van der Waals surface area (Å²) in [7, 11) is 1.35. The number of hydrogen-bond acceptors (Lipinski definition) is 4. The van der Waals surface area contributed by atoms with Crippen molar-refractivity contribution in [2.45, 2.75) is 46.3 Å².